The van der Waals surface area contributed by atoms with Crippen molar-refractivity contribution < 1.29 is 15.0 Å². The lowest BCUT2D eigenvalue weighted by Gasteiger charge is -2.14. The molecule has 0 spiro atoms. The van der Waals surface area contributed by atoms with E-state index in [0.29, 0.717) is 22.6 Å². The van der Waals surface area contributed by atoms with Gasteiger partial charge in [0.2, 0.25) is 0 Å². The Morgan fingerprint density at radius 3 is 2.50 bits per heavy atom. The van der Waals surface area contributed by atoms with Gasteiger partial charge in [0.25, 0.3) is 5.91 Å². The zero-order valence-corrected chi connectivity index (χ0v) is 14.3. The number of phenols is 1. The van der Waals surface area contributed by atoms with Gasteiger partial charge in [-0.1, -0.05) is 42.5 Å². The number of nitrogens with zero attached hydrogens (tertiary/aromatic N) is 2. The predicted molar refractivity (Wildman–Crippen MR) is 97.6 cm³/mol. The first-order valence-corrected chi connectivity index (χ1v) is 8.19. The Labute approximate surface area is 151 Å². The fourth-order valence-electron chi connectivity index (χ4n) is 2.55. The molecule has 0 aliphatic carbocycles. The molecule has 0 radical (unpaired) electrons. The van der Waals surface area contributed by atoms with Crippen molar-refractivity contribution in [3.63, 3.8) is 0 Å². The van der Waals surface area contributed by atoms with E-state index in [0.717, 1.165) is 5.56 Å². The average Bonchev–Trinajstić information content (AvgIpc) is 2.67. The SMILES string of the molecule is Cc1ncc(C(=O)NC[C@H](O)c2ccc(O)cc2)c(-c2ccccc2)n1. The molecule has 132 valence electrons. The van der Waals surface area contributed by atoms with Crippen LogP contribution in [-0.4, -0.2) is 32.6 Å². The lowest BCUT2D eigenvalue weighted by Crippen LogP contribution is -2.29. The molecule has 0 aliphatic rings. The topological polar surface area (TPSA) is 95.3 Å². The second-order valence-corrected chi connectivity index (χ2v) is 5.86. The highest BCUT2D eigenvalue weighted by Crippen LogP contribution is 2.21. The Morgan fingerprint density at radius 1 is 1.12 bits per heavy atom. The van der Waals surface area contributed by atoms with E-state index in [2.05, 4.69) is 15.3 Å². The number of carbonyl (C=O) groups is 1. The van der Waals surface area contributed by atoms with Crippen molar-refractivity contribution in [1.82, 2.24) is 15.3 Å². The molecular weight excluding hydrogens is 330 g/mol. The highest BCUT2D eigenvalue weighted by atomic mass is 16.3. The van der Waals surface area contributed by atoms with Gasteiger partial charge in [0.1, 0.15) is 11.6 Å². The molecule has 3 N–H and O–H groups in total. The predicted octanol–water partition coefficient (Wildman–Crippen LogP) is 2.62. The third kappa shape index (κ3) is 4.04. The number of aliphatic hydroxyl groups excluding tert-OH is 1. The number of aliphatic hydroxyl groups is 1. The number of phenolic OH excluding ortho intramolecular Hbond substituents is 1. The van der Waals surface area contributed by atoms with Crippen LogP contribution >= 0.6 is 0 Å². The van der Waals surface area contributed by atoms with Gasteiger partial charge in [0.05, 0.1) is 17.4 Å². The summed E-state index contributed by atoms with van der Waals surface area (Å²) in [5.74, 6) is 0.334. The van der Waals surface area contributed by atoms with Gasteiger partial charge in [0, 0.05) is 18.3 Å². The van der Waals surface area contributed by atoms with E-state index < -0.39 is 6.10 Å². The van der Waals surface area contributed by atoms with Crippen LogP contribution in [0.25, 0.3) is 11.3 Å². The number of hydrogen-bond acceptors (Lipinski definition) is 5. The van der Waals surface area contributed by atoms with Crippen LogP contribution in [0.15, 0.2) is 60.8 Å². The third-order valence-corrected chi connectivity index (χ3v) is 3.93. The van der Waals surface area contributed by atoms with E-state index in [4.69, 9.17) is 0 Å². The van der Waals surface area contributed by atoms with E-state index in [-0.39, 0.29) is 18.2 Å². The maximum Gasteiger partial charge on any atom is 0.255 e. The van der Waals surface area contributed by atoms with Gasteiger partial charge in [-0.25, -0.2) is 9.97 Å². The number of amides is 1. The molecule has 6 heteroatoms. The number of aromatic hydroxyl groups is 1. The lowest BCUT2D eigenvalue weighted by molar-refractivity contribution is 0.0916. The summed E-state index contributed by atoms with van der Waals surface area (Å²) in [5, 5.41) is 22.2. The summed E-state index contributed by atoms with van der Waals surface area (Å²) >= 11 is 0. The van der Waals surface area contributed by atoms with Crippen molar-refractivity contribution in [2.75, 3.05) is 6.54 Å². The van der Waals surface area contributed by atoms with E-state index in [1.165, 1.54) is 18.3 Å². The number of rotatable bonds is 5. The molecule has 1 amide bonds. The molecule has 2 aromatic carbocycles. The van der Waals surface area contributed by atoms with Crippen molar-refractivity contribution in [3.8, 4) is 17.0 Å². The minimum atomic E-state index is -0.883. The first-order valence-electron chi connectivity index (χ1n) is 8.19. The molecule has 3 rings (SSSR count). The van der Waals surface area contributed by atoms with Crippen molar-refractivity contribution in [2.45, 2.75) is 13.0 Å². The molecule has 0 unspecified atom stereocenters. The van der Waals surface area contributed by atoms with E-state index in [1.54, 1.807) is 19.1 Å². The molecule has 3 aromatic rings. The van der Waals surface area contributed by atoms with E-state index >= 15 is 0 Å². The van der Waals surface area contributed by atoms with Crippen molar-refractivity contribution in [3.05, 3.63) is 77.7 Å². The molecule has 0 saturated carbocycles. The summed E-state index contributed by atoms with van der Waals surface area (Å²) < 4.78 is 0. The summed E-state index contributed by atoms with van der Waals surface area (Å²) in [6.45, 7) is 1.80. The fraction of sp³-hybridized carbons (Fsp3) is 0.150. The third-order valence-electron chi connectivity index (χ3n) is 3.93. The Hall–Kier alpha value is -3.25. The maximum absolute atomic E-state index is 12.6. The fourth-order valence-corrected chi connectivity index (χ4v) is 2.55. The number of hydrogen-bond donors (Lipinski definition) is 3. The summed E-state index contributed by atoms with van der Waals surface area (Å²) in [6, 6.07) is 15.6. The summed E-state index contributed by atoms with van der Waals surface area (Å²) in [4.78, 5) is 21.1. The first-order chi connectivity index (χ1) is 12.5. The molecule has 26 heavy (non-hydrogen) atoms. The van der Waals surface area contributed by atoms with Crippen LogP contribution in [0.1, 0.15) is 27.8 Å². The van der Waals surface area contributed by atoms with Crippen molar-refractivity contribution in [2.24, 2.45) is 0 Å². The van der Waals surface area contributed by atoms with Crippen LogP contribution in [0.5, 0.6) is 5.75 Å². The van der Waals surface area contributed by atoms with E-state index in [1.807, 2.05) is 30.3 Å². The van der Waals surface area contributed by atoms with Crippen LogP contribution in [-0.2, 0) is 0 Å². The van der Waals surface area contributed by atoms with Gasteiger partial charge in [-0.15, -0.1) is 0 Å². The second kappa shape index (κ2) is 7.76. The monoisotopic (exact) mass is 349 g/mol. The molecule has 1 atom stereocenters. The largest absolute Gasteiger partial charge is 0.508 e. The van der Waals surface area contributed by atoms with Crippen LogP contribution in [0, 0.1) is 6.92 Å². The Morgan fingerprint density at radius 2 is 1.81 bits per heavy atom. The molecule has 0 fully saturated rings. The zero-order valence-electron chi connectivity index (χ0n) is 14.3. The molecule has 1 aromatic heterocycles. The van der Waals surface area contributed by atoms with Crippen LogP contribution in [0.4, 0.5) is 0 Å². The number of aromatic nitrogens is 2. The molecule has 6 nitrogen and oxygen atoms in total. The van der Waals surface area contributed by atoms with Gasteiger partial charge in [0.15, 0.2) is 0 Å². The highest BCUT2D eigenvalue weighted by molar-refractivity contribution is 5.99. The van der Waals surface area contributed by atoms with Gasteiger partial charge in [-0.05, 0) is 24.6 Å². The highest BCUT2D eigenvalue weighted by Gasteiger charge is 2.17. The number of carbonyl (C=O) groups excluding carboxylic acids is 1. The Kier molecular flexibility index (Phi) is 5.24. The Balaban J connectivity index is 1.77. The minimum Gasteiger partial charge on any atom is -0.508 e. The van der Waals surface area contributed by atoms with Crippen LogP contribution in [0.3, 0.4) is 0 Å². The smallest absolute Gasteiger partial charge is 0.255 e. The van der Waals surface area contributed by atoms with Gasteiger partial charge in [-0.2, -0.15) is 0 Å². The van der Waals surface area contributed by atoms with Gasteiger partial charge < -0.3 is 15.5 Å². The van der Waals surface area contributed by atoms with Crippen LogP contribution in [0.2, 0.25) is 0 Å². The Bertz CT molecular complexity index is 896. The minimum absolute atomic E-state index is 0.0334. The van der Waals surface area contributed by atoms with Crippen molar-refractivity contribution >= 4 is 5.91 Å². The summed E-state index contributed by atoms with van der Waals surface area (Å²) in [7, 11) is 0. The molecule has 1 heterocycles. The zero-order chi connectivity index (χ0) is 18.5. The van der Waals surface area contributed by atoms with Crippen molar-refractivity contribution in [1.29, 1.82) is 0 Å². The molecule has 0 bridgehead atoms. The second-order valence-electron chi connectivity index (χ2n) is 5.86. The first kappa shape index (κ1) is 17.6. The number of benzene rings is 2. The summed E-state index contributed by atoms with van der Waals surface area (Å²) in [5.41, 5.74) is 2.32. The maximum atomic E-state index is 12.6. The molecule has 0 saturated heterocycles. The normalized spacial score (nSPS) is 11.8. The van der Waals surface area contributed by atoms with Gasteiger partial charge >= 0.3 is 0 Å². The number of aryl methyl sites for hydroxylation is 1. The number of nitrogens with one attached hydrogen (secondary N) is 1. The average molecular weight is 349 g/mol. The van der Waals surface area contributed by atoms with E-state index in [9.17, 15) is 15.0 Å². The van der Waals surface area contributed by atoms with Gasteiger partial charge in [-0.3, -0.25) is 4.79 Å². The molecule has 0 aliphatic heterocycles. The standard InChI is InChI=1S/C20H19N3O3/c1-13-21-11-17(19(23-13)15-5-3-2-4-6-15)20(26)22-12-18(25)14-7-9-16(24)10-8-14/h2-11,18,24-25H,12H2,1H3,(H,22,26)/t18-/m0/s1. The summed E-state index contributed by atoms with van der Waals surface area (Å²) in [6.07, 6.45) is 0.610. The lowest BCUT2D eigenvalue weighted by atomic mass is 10.1. The molecular formula is C20H19N3O3. The van der Waals surface area contributed by atoms with Crippen LogP contribution < -0.4 is 5.32 Å². The quantitative estimate of drug-likeness (QED) is 0.658.